The van der Waals surface area contributed by atoms with Gasteiger partial charge in [0.15, 0.2) is 0 Å². The second-order valence-corrected chi connectivity index (χ2v) is 8.13. The van der Waals surface area contributed by atoms with Gasteiger partial charge in [-0.25, -0.2) is 9.36 Å². The van der Waals surface area contributed by atoms with Crippen molar-refractivity contribution in [2.24, 2.45) is 7.05 Å². The highest BCUT2D eigenvalue weighted by atomic mass is 32.2. The molecule has 2 aromatic heterocycles. The number of nitrogens with one attached hydrogen (secondary N) is 1. The Labute approximate surface area is 165 Å². The topological polar surface area (TPSA) is 99.6 Å². The maximum absolute atomic E-state index is 12.9. The summed E-state index contributed by atoms with van der Waals surface area (Å²) in [6.45, 7) is 3.59. The Bertz CT molecular complexity index is 1070. The molecule has 10 heteroatoms. The van der Waals surface area contributed by atoms with Gasteiger partial charge >= 0.3 is 0 Å². The molecule has 0 radical (unpaired) electrons. The fraction of sp³-hybridized carbons (Fsp3) is 0.389. The average molecular weight is 399 g/mol. The number of hydrogen-bond acceptors (Lipinski definition) is 6. The number of thioether (sulfide) groups is 1. The SMILES string of the molecule is Cc1c(NC(=O)[C@H](C)Sc2nnnn2C2CC2)c(=O)n(-c2ccccc2)n1C. The van der Waals surface area contributed by atoms with Crippen LogP contribution in [0.25, 0.3) is 5.69 Å². The largest absolute Gasteiger partial charge is 0.319 e. The predicted octanol–water partition coefficient (Wildman–Crippen LogP) is 1.93. The van der Waals surface area contributed by atoms with Crippen LogP contribution in [0.1, 0.15) is 31.5 Å². The third kappa shape index (κ3) is 3.35. The Morgan fingerprint density at radius 3 is 2.68 bits per heavy atom. The van der Waals surface area contributed by atoms with E-state index in [2.05, 4.69) is 20.8 Å². The van der Waals surface area contributed by atoms with Crippen molar-refractivity contribution in [2.45, 2.75) is 43.1 Å². The van der Waals surface area contributed by atoms with Crippen LogP contribution in [-0.2, 0) is 11.8 Å². The van der Waals surface area contributed by atoms with E-state index in [1.54, 1.807) is 23.3 Å². The van der Waals surface area contributed by atoms with Crippen molar-refractivity contribution >= 4 is 23.4 Å². The molecule has 3 aromatic rings. The standard InChI is InChI=1S/C18H21N7O2S/c1-11-15(17(27)25(23(11)3)14-7-5-4-6-8-14)19-16(26)12(2)28-18-20-21-22-24(18)13-9-10-13/h4-8,12-13H,9-10H2,1-3H3,(H,19,26)/t12-/m0/s1. The van der Waals surface area contributed by atoms with Gasteiger partial charge in [0.05, 0.1) is 22.7 Å². The van der Waals surface area contributed by atoms with Gasteiger partial charge in [0.2, 0.25) is 11.1 Å². The van der Waals surface area contributed by atoms with Crippen LogP contribution in [0.4, 0.5) is 5.69 Å². The molecule has 9 nitrogen and oxygen atoms in total. The third-order valence-corrected chi connectivity index (χ3v) is 5.86. The number of amides is 1. The first-order valence-electron chi connectivity index (χ1n) is 9.06. The molecule has 1 atom stereocenters. The minimum atomic E-state index is -0.451. The van der Waals surface area contributed by atoms with Gasteiger partial charge < -0.3 is 5.32 Å². The molecule has 4 rings (SSSR count). The van der Waals surface area contributed by atoms with Crippen molar-refractivity contribution in [2.75, 3.05) is 5.32 Å². The van der Waals surface area contributed by atoms with E-state index in [4.69, 9.17) is 0 Å². The Morgan fingerprint density at radius 1 is 1.29 bits per heavy atom. The Hall–Kier alpha value is -2.88. The molecule has 0 bridgehead atoms. The van der Waals surface area contributed by atoms with Crippen molar-refractivity contribution in [3.05, 3.63) is 46.4 Å². The molecular weight excluding hydrogens is 378 g/mol. The van der Waals surface area contributed by atoms with Gasteiger partial charge in [0.1, 0.15) is 5.69 Å². The molecule has 0 unspecified atom stereocenters. The lowest BCUT2D eigenvalue weighted by molar-refractivity contribution is -0.115. The highest BCUT2D eigenvalue weighted by Crippen LogP contribution is 2.37. The lowest BCUT2D eigenvalue weighted by atomic mass is 10.3. The van der Waals surface area contributed by atoms with Crippen LogP contribution in [0.3, 0.4) is 0 Å². The minimum Gasteiger partial charge on any atom is -0.319 e. The van der Waals surface area contributed by atoms with Gasteiger partial charge in [-0.15, -0.1) is 5.10 Å². The van der Waals surface area contributed by atoms with Crippen LogP contribution in [-0.4, -0.2) is 40.7 Å². The predicted molar refractivity (Wildman–Crippen MR) is 106 cm³/mol. The highest BCUT2D eigenvalue weighted by molar-refractivity contribution is 8.00. The molecular formula is C18H21N7O2S. The van der Waals surface area contributed by atoms with Gasteiger partial charge in [-0.2, -0.15) is 0 Å². The monoisotopic (exact) mass is 399 g/mol. The van der Waals surface area contributed by atoms with Gasteiger partial charge in [-0.3, -0.25) is 14.3 Å². The van der Waals surface area contributed by atoms with E-state index >= 15 is 0 Å². The summed E-state index contributed by atoms with van der Waals surface area (Å²) in [5.41, 5.74) is 1.44. The summed E-state index contributed by atoms with van der Waals surface area (Å²) in [5, 5.41) is 14.7. The Balaban J connectivity index is 1.54. The second kappa shape index (κ2) is 7.27. The van der Waals surface area contributed by atoms with E-state index < -0.39 is 5.25 Å². The van der Waals surface area contributed by atoms with E-state index in [1.807, 2.05) is 37.3 Å². The summed E-state index contributed by atoms with van der Waals surface area (Å²) in [6, 6.07) is 9.66. The van der Waals surface area contributed by atoms with Crippen LogP contribution in [0.2, 0.25) is 0 Å². The van der Waals surface area contributed by atoms with E-state index in [0.29, 0.717) is 16.9 Å². The van der Waals surface area contributed by atoms with Crippen LogP contribution in [0.15, 0.2) is 40.3 Å². The minimum absolute atomic E-state index is 0.263. The summed E-state index contributed by atoms with van der Waals surface area (Å²) >= 11 is 1.29. The second-order valence-electron chi connectivity index (χ2n) is 6.82. The van der Waals surface area contributed by atoms with Crippen LogP contribution >= 0.6 is 11.8 Å². The first-order chi connectivity index (χ1) is 13.5. The van der Waals surface area contributed by atoms with E-state index in [1.165, 1.54) is 16.4 Å². The fourth-order valence-corrected chi connectivity index (χ4v) is 3.82. The number of carbonyl (C=O) groups excluding carboxylic acids is 1. The number of aromatic nitrogens is 6. The molecule has 0 spiro atoms. The molecule has 1 fully saturated rings. The van der Waals surface area contributed by atoms with Gasteiger partial charge in [0.25, 0.3) is 5.56 Å². The zero-order valence-corrected chi connectivity index (χ0v) is 16.7. The van der Waals surface area contributed by atoms with Crippen LogP contribution in [0, 0.1) is 6.92 Å². The molecule has 0 saturated heterocycles. The van der Waals surface area contributed by atoms with E-state index in [9.17, 15) is 9.59 Å². The molecule has 28 heavy (non-hydrogen) atoms. The highest BCUT2D eigenvalue weighted by Gasteiger charge is 2.30. The quantitative estimate of drug-likeness (QED) is 0.636. The molecule has 2 heterocycles. The number of carbonyl (C=O) groups is 1. The van der Waals surface area contributed by atoms with Gasteiger partial charge in [-0.1, -0.05) is 30.0 Å². The Kier molecular flexibility index (Phi) is 4.80. The maximum Gasteiger partial charge on any atom is 0.295 e. The number of rotatable bonds is 6. The number of nitrogens with zero attached hydrogens (tertiary/aromatic N) is 6. The van der Waals surface area contributed by atoms with Crippen molar-refractivity contribution < 1.29 is 4.79 Å². The number of para-hydroxylation sites is 1. The summed E-state index contributed by atoms with van der Waals surface area (Å²) < 4.78 is 5.04. The molecule has 1 amide bonds. The summed E-state index contributed by atoms with van der Waals surface area (Å²) in [4.78, 5) is 25.7. The van der Waals surface area contributed by atoms with Crippen molar-refractivity contribution in [3.8, 4) is 5.69 Å². The maximum atomic E-state index is 12.9. The summed E-state index contributed by atoms with van der Waals surface area (Å²) in [7, 11) is 1.79. The molecule has 1 saturated carbocycles. The summed E-state index contributed by atoms with van der Waals surface area (Å²) in [5.74, 6) is -0.263. The zero-order valence-electron chi connectivity index (χ0n) is 15.9. The van der Waals surface area contributed by atoms with Crippen molar-refractivity contribution in [3.63, 3.8) is 0 Å². The number of anilines is 1. The first-order valence-corrected chi connectivity index (χ1v) is 9.94. The van der Waals surface area contributed by atoms with Crippen LogP contribution < -0.4 is 10.9 Å². The fourth-order valence-electron chi connectivity index (χ4n) is 2.96. The smallest absolute Gasteiger partial charge is 0.295 e. The normalized spacial score (nSPS) is 14.8. The average Bonchev–Trinajstić information content (AvgIpc) is 3.40. The number of benzene rings is 1. The summed E-state index contributed by atoms with van der Waals surface area (Å²) in [6.07, 6.45) is 2.11. The van der Waals surface area contributed by atoms with E-state index in [-0.39, 0.29) is 17.2 Å². The number of tetrazole rings is 1. The lowest BCUT2D eigenvalue weighted by Crippen LogP contribution is -2.27. The molecule has 1 aliphatic rings. The first kappa shape index (κ1) is 18.5. The Morgan fingerprint density at radius 2 is 2.00 bits per heavy atom. The third-order valence-electron chi connectivity index (χ3n) is 4.81. The molecule has 1 aliphatic carbocycles. The molecule has 146 valence electrons. The van der Waals surface area contributed by atoms with Crippen molar-refractivity contribution in [1.29, 1.82) is 0 Å². The number of hydrogen-bond donors (Lipinski definition) is 1. The van der Waals surface area contributed by atoms with Crippen LogP contribution in [0.5, 0.6) is 0 Å². The van der Waals surface area contributed by atoms with Crippen molar-refractivity contribution in [1.82, 2.24) is 29.6 Å². The van der Waals surface area contributed by atoms with E-state index in [0.717, 1.165) is 18.5 Å². The molecule has 1 N–H and O–H groups in total. The molecule has 0 aliphatic heterocycles. The zero-order chi connectivity index (χ0) is 19.8. The van der Waals surface area contributed by atoms with Gasteiger partial charge in [-0.05, 0) is 49.2 Å². The van der Waals surface area contributed by atoms with Gasteiger partial charge in [0, 0.05) is 7.05 Å². The lowest BCUT2D eigenvalue weighted by Gasteiger charge is -2.10. The molecule has 1 aromatic carbocycles.